The van der Waals surface area contributed by atoms with Crippen molar-refractivity contribution >= 4 is 21.9 Å². The Balaban J connectivity index is 3.33. The smallest absolute Gasteiger partial charge is 0.305 e. The number of hydrogen-bond donors (Lipinski definition) is 2. The molecule has 0 bridgehead atoms. The van der Waals surface area contributed by atoms with E-state index < -0.39 is 17.8 Å². The quantitative estimate of drug-likeness (QED) is 0.896. The topological polar surface area (TPSA) is 72.5 Å². The van der Waals surface area contributed by atoms with Crippen LogP contribution in [-0.2, 0) is 4.79 Å². The zero-order chi connectivity index (χ0) is 13.2. The van der Waals surface area contributed by atoms with Crippen LogP contribution in [0.2, 0.25) is 0 Å². The standard InChI is InChI=1S/C11H13BrFNO3/c1-5-6(12)3-7(13)11(17-2)10(5)8(14)4-9(15)16/h3,8H,4,14H2,1-2H3,(H,15,16). The molecule has 0 saturated heterocycles. The molecule has 1 aromatic rings. The van der Waals surface area contributed by atoms with Gasteiger partial charge in [0.1, 0.15) is 0 Å². The second-order valence-corrected chi connectivity index (χ2v) is 4.47. The predicted octanol–water partition coefficient (Wildman–Crippen LogP) is 2.38. The summed E-state index contributed by atoms with van der Waals surface area (Å²) >= 11 is 3.20. The Morgan fingerprint density at radius 1 is 1.71 bits per heavy atom. The number of ether oxygens (including phenoxy) is 1. The van der Waals surface area contributed by atoms with E-state index in [1.165, 1.54) is 13.2 Å². The van der Waals surface area contributed by atoms with E-state index >= 15 is 0 Å². The van der Waals surface area contributed by atoms with Crippen LogP contribution in [-0.4, -0.2) is 18.2 Å². The summed E-state index contributed by atoms with van der Waals surface area (Å²) in [7, 11) is 1.32. The molecule has 6 heteroatoms. The van der Waals surface area contributed by atoms with Crippen LogP contribution < -0.4 is 10.5 Å². The summed E-state index contributed by atoms with van der Waals surface area (Å²) in [6, 6.07) is 0.458. The van der Waals surface area contributed by atoms with Crippen molar-refractivity contribution in [2.45, 2.75) is 19.4 Å². The molecule has 0 aliphatic heterocycles. The lowest BCUT2D eigenvalue weighted by Gasteiger charge is -2.18. The number of rotatable bonds is 4. The Labute approximate surface area is 107 Å². The highest BCUT2D eigenvalue weighted by Gasteiger charge is 2.22. The van der Waals surface area contributed by atoms with Gasteiger partial charge in [-0.2, -0.15) is 0 Å². The maximum Gasteiger partial charge on any atom is 0.305 e. The molecule has 0 saturated carbocycles. The zero-order valence-corrected chi connectivity index (χ0v) is 11.0. The van der Waals surface area contributed by atoms with Crippen molar-refractivity contribution in [1.29, 1.82) is 0 Å². The highest BCUT2D eigenvalue weighted by atomic mass is 79.9. The Hall–Kier alpha value is -1.14. The van der Waals surface area contributed by atoms with Gasteiger partial charge < -0.3 is 15.6 Å². The summed E-state index contributed by atoms with van der Waals surface area (Å²) in [5.74, 6) is -1.61. The van der Waals surface area contributed by atoms with Crippen molar-refractivity contribution in [3.8, 4) is 5.75 Å². The van der Waals surface area contributed by atoms with Crippen molar-refractivity contribution < 1.29 is 19.0 Å². The fraction of sp³-hybridized carbons (Fsp3) is 0.364. The number of hydrogen-bond acceptors (Lipinski definition) is 3. The van der Waals surface area contributed by atoms with Crippen LogP contribution in [0.1, 0.15) is 23.6 Å². The van der Waals surface area contributed by atoms with E-state index in [1.54, 1.807) is 6.92 Å². The number of carboxylic acids is 1. The van der Waals surface area contributed by atoms with Gasteiger partial charge in [0.25, 0.3) is 0 Å². The van der Waals surface area contributed by atoms with Gasteiger partial charge in [0.2, 0.25) is 0 Å². The normalized spacial score (nSPS) is 12.3. The van der Waals surface area contributed by atoms with Crippen molar-refractivity contribution in [3.05, 3.63) is 27.5 Å². The molecule has 3 N–H and O–H groups in total. The van der Waals surface area contributed by atoms with Crippen LogP contribution in [0.3, 0.4) is 0 Å². The van der Waals surface area contributed by atoms with Crippen LogP contribution in [0, 0.1) is 12.7 Å². The summed E-state index contributed by atoms with van der Waals surface area (Å²) in [6.07, 6.45) is -0.285. The van der Waals surface area contributed by atoms with Crippen molar-refractivity contribution in [3.63, 3.8) is 0 Å². The van der Waals surface area contributed by atoms with E-state index in [0.29, 0.717) is 15.6 Å². The average Bonchev–Trinajstić information content (AvgIpc) is 2.21. The molecule has 1 aromatic carbocycles. The number of halogens is 2. The summed E-state index contributed by atoms with van der Waals surface area (Å²) in [6.45, 7) is 1.73. The number of carbonyl (C=O) groups is 1. The Morgan fingerprint density at radius 3 is 2.76 bits per heavy atom. The van der Waals surface area contributed by atoms with Gasteiger partial charge in [-0.3, -0.25) is 4.79 Å². The average molecular weight is 306 g/mol. The molecule has 0 aliphatic carbocycles. The van der Waals surface area contributed by atoms with E-state index in [2.05, 4.69) is 15.9 Å². The van der Waals surface area contributed by atoms with E-state index in [1.807, 2.05) is 0 Å². The lowest BCUT2D eigenvalue weighted by Crippen LogP contribution is -2.18. The van der Waals surface area contributed by atoms with Crippen LogP contribution >= 0.6 is 15.9 Å². The number of carboxylic acid groups (broad SMARTS) is 1. The van der Waals surface area contributed by atoms with Gasteiger partial charge in [0, 0.05) is 16.1 Å². The van der Waals surface area contributed by atoms with E-state index in [0.717, 1.165) is 0 Å². The maximum atomic E-state index is 13.6. The summed E-state index contributed by atoms with van der Waals surface area (Å²) in [5, 5.41) is 8.71. The summed E-state index contributed by atoms with van der Waals surface area (Å²) in [4.78, 5) is 10.6. The molecule has 0 amide bonds. The third-order valence-corrected chi connectivity index (χ3v) is 3.27. The molecule has 0 heterocycles. The van der Waals surface area contributed by atoms with Gasteiger partial charge in [-0.1, -0.05) is 15.9 Å². The first kappa shape index (κ1) is 13.9. The largest absolute Gasteiger partial charge is 0.493 e. The third-order valence-electron chi connectivity index (χ3n) is 2.45. The predicted molar refractivity (Wildman–Crippen MR) is 64.6 cm³/mol. The molecule has 1 atom stereocenters. The fourth-order valence-corrected chi connectivity index (χ4v) is 2.07. The fourth-order valence-electron chi connectivity index (χ4n) is 1.66. The number of methoxy groups -OCH3 is 1. The second-order valence-electron chi connectivity index (χ2n) is 3.62. The van der Waals surface area contributed by atoms with E-state index in [4.69, 9.17) is 15.6 Å². The number of aliphatic carboxylic acids is 1. The molecule has 0 aliphatic rings. The first-order chi connectivity index (χ1) is 7.88. The summed E-state index contributed by atoms with van der Waals surface area (Å²) < 4.78 is 19.1. The first-order valence-electron chi connectivity index (χ1n) is 4.88. The molecule has 0 spiro atoms. The lowest BCUT2D eigenvalue weighted by atomic mass is 9.98. The minimum atomic E-state index is -1.04. The number of benzene rings is 1. The van der Waals surface area contributed by atoms with Crippen LogP contribution in [0.25, 0.3) is 0 Å². The highest BCUT2D eigenvalue weighted by molar-refractivity contribution is 9.10. The third kappa shape index (κ3) is 2.95. The minimum Gasteiger partial charge on any atom is -0.493 e. The van der Waals surface area contributed by atoms with Crippen molar-refractivity contribution in [2.24, 2.45) is 5.73 Å². The van der Waals surface area contributed by atoms with Gasteiger partial charge in [-0.15, -0.1) is 0 Å². The Morgan fingerprint density at radius 2 is 2.29 bits per heavy atom. The molecule has 1 unspecified atom stereocenters. The lowest BCUT2D eigenvalue weighted by molar-refractivity contribution is -0.137. The molecular formula is C11H13BrFNO3. The van der Waals surface area contributed by atoms with Gasteiger partial charge in [-0.25, -0.2) is 4.39 Å². The summed E-state index contributed by atoms with van der Waals surface area (Å²) in [5.41, 5.74) is 6.82. The van der Waals surface area contributed by atoms with Crippen LogP contribution in [0.5, 0.6) is 5.75 Å². The molecule has 0 fully saturated rings. The van der Waals surface area contributed by atoms with E-state index in [-0.39, 0.29) is 12.2 Å². The minimum absolute atomic E-state index is 0.000509. The Bertz CT molecular complexity index is 451. The first-order valence-corrected chi connectivity index (χ1v) is 5.67. The van der Waals surface area contributed by atoms with Gasteiger partial charge in [0.15, 0.2) is 11.6 Å². The zero-order valence-electron chi connectivity index (χ0n) is 9.46. The Kier molecular flexibility index (Phi) is 4.47. The SMILES string of the molecule is COc1c(F)cc(Br)c(C)c1C(N)CC(=O)O. The monoisotopic (exact) mass is 305 g/mol. The number of nitrogens with two attached hydrogens (primary N) is 1. The highest BCUT2D eigenvalue weighted by Crippen LogP contribution is 2.35. The van der Waals surface area contributed by atoms with Crippen molar-refractivity contribution in [1.82, 2.24) is 0 Å². The molecule has 0 radical (unpaired) electrons. The molecule has 17 heavy (non-hydrogen) atoms. The molecule has 0 aromatic heterocycles. The van der Waals surface area contributed by atoms with Gasteiger partial charge in [-0.05, 0) is 18.6 Å². The van der Waals surface area contributed by atoms with Crippen LogP contribution in [0.15, 0.2) is 10.5 Å². The second kappa shape index (κ2) is 5.46. The molecule has 1 rings (SSSR count). The maximum absolute atomic E-state index is 13.6. The molecule has 94 valence electrons. The molecule has 4 nitrogen and oxygen atoms in total. The van der Waals surface area contributed by atoms with Gasteiger partial charge >= 0.3 is 5.97 Å². The molecular weight excluding hydrogens is 293 g/mol. The van der Waals surface area contributed by atoms with Crippen LogP contribution in [0.4, 0.5) is 4.39 Å². The van der Waals surface area contributed by atoms with Crippen molar-refractivity contribution in [2.75, 3.05) is 7.11 Å². The van der Waals surface area contributed by atoms with E-state index in [9.17, 15) is 9.18 Å². The van der Waals surface area contributed by atoms with Gasteiger partial charge in [0.05, 0.1) is 13.5 Å².